The lowest BCUT2D eigenvalue weighted by Crippen LogP contribution is -2.45. The van der Waals surface area contributed by atoms with E-state index in [0.717, 1.165) is 16.9 Å². The zero-order valence-corrected chi connectivity index (χ0v) is 22.3. The lowest BCUT2D eigenvalue weighted by Gasteiger charge is -2.29. The van der Waals surface area contributed by atoms with Crippen LogP contribution >= 0.6 is 0 Å². The van der Waals surface area contributed by atoms with Crippen molar-refractivity contribution in [3.8, 4) is 34.1 Å². The maximum atomic E-state index is 13.7. The van der Waals surface area contributed by atoms with Crippen LogP contribution in [0.5, 0.6) is 23.0 Å². The summed E-state index contributed by atoms with van der Waals surface area (Å²) >= 11 is 0. The number of ether oxygens (including phenoxy) is 4. The Kier molecular flexibility index (Phi) is 9.75. The maximum absolute atomic E-state index is 13.7. The van der Waals surface area contributed by atoms with Gasteiger partial charge in [0.25, 0.3) is 5.91 Å². The summed E-state index contributed by atoms with van der Waals surface area (Å²) in [5.41, 5.74) is 7.91. The molecule has 0 aliphatic heterocycles. The number of carboxylic acids is 1. The highest BCUT2D eigenvalue weighted by molar-refractivity contribution is 5.97. The van der Waals surface area contributed by atoms with Crippen LogP contribution in [0.3, 0.4) is 0 Å². The standard InChI is InChI=1S/C29H32N2O8/c1-36-22-11-9-20(10-12-22)19-5-7-21(8-6-19)28(33)31(23(29(34)35)13-14-26(30)32)17-18-15-24(37-2)27(39-4)25(16-18)38-3/h5-12,15-16,23H,13-14,17H2,1-4H3,(H2,30,32)(H,34,35)/t23-/m0/s1. The summed E-state index contributed by atoms with van der Waals surface area (Å²) in [6, 6.07) is 16.3. The lowest BCUT2D eigenvalue weighted by molar-refractivity contribution is -0.143. The van der Waals surface area contributed by atoms with Gasteiger partial charge in [0, 0.05) is 18.5 Å². The smallest absolute Gasteiger partial charge is 0.326 e. The van der Waals surface area contributed by atoms with Gasteiger partial charge in [0.2, 0.25) is 11.7 Å². The quantitative estimate of drug-likeness (QED) is 0.337. The van der Waals surface area contributed by atoms with E-state index in [0.29, 0.717) is 22.8 Å². The Bertz CT molecular complexity index is 1280. The first kappa shape index (κ1) is 28.8. The summed E-state index contributed by atoms with van der Waals surface area (Å²) in [6.45, 7) is -0.106. The zero-order chi connectivity index (χ0) is 28.5. The van der Waals surface area contributed by atoms with Gasteiger partial charge in [0.1, 0.15) is 11.8 Å². The van der Waals surface area contributed by atoms with E-state index < -0.39 is 23.8 Å². The Labute approximate surface area is 226 Å². The Morgan fingerprint density at radius 1 is 0.821 bits per heavy atom. The first-order valence-corrected chi connectivity index (χ1v) is 12.1. The van der Waals surface area contributed by atoms with E-state index in [-0.39, 0.29) is 24.9 Å². The van der Waals surface area contributed by atoms with Gasteiger partial charge in [-0.2, -0.15) is 0 Å². The van der Waals surface area contributed by atoms with E-state index >= 15 is 0 Å². The molecule has 3 rings (SSSR count). The van der Waals surface area contributed by atoms with Crippen molar-refractivity contribution in [3.63, 3.8) is 0 Å². The topological polar surface area (TPSA) is 138 Å². The van der Waals surface area contributed by atoms with E-state index in [1.165, 1.54) is 26.2 Å². The first-order valence-electron chi connectivity index (χ1n) is 12.1. The number of aliphatic carboxylic acids is 1. The summed E-state index contributed by atoms with van der Waals surface area (Å²) in [5, 5.41) is 10.0. The van der Waals surface area contributed by atoms with Crippen LogP contribution in [0.4, 0.5) is 0 Å². The highest BCUT2D eigenvalue weighted by atomic mass is 16.5. The highest BCUT2D eigenvalue weighted by Gasteiger charge is 2.31. The number of carboxylic acid groups (broad SMARTS) is 1. The Balaban J connectivity index is 2.00. The van der Waals surface area contributed by atoms with Crippen molar-refractivity contribution in [2.45, 2.75) is 25.4 Å². The molecule has 0 aliphatic rings. The minimum absolute atomic E-state index is 0.106. The van der Waals surface area contributed by atoms with Gasteiger partial charge in [0.05, 0.1) is 28.4 Å². The summed E-state index contributed by atoms with van der Waals surface area (Å²) in [7, 11) is 5.98. The SMILES string of the molecule is COc1ccc(-c2ccc(C(=O)N(Cc3cc(OC)c(OC)c(OC)c3)[C@@H](CCC(N)=O)C(=O)O)cc2)cc1. The molecule has 3 aromatic rings. The van der Waals surface area contributed by atoms with E-state index in [2.05, 4.69) is 0 Å². The second kappa shape index (κ2) is 13.2. The van der Waals surface area contributed by atoms with E-state index in [4.69, 9.17) is 24.7 Å². The molecule has 0 saturated heterocycles. The number of carbonyl (C=O) groups is 3. The summed E-state index contributed by atoms with van der Waals surface area (Å²) < 4.78 is 21.4. The van der Waals surface area contributed by atoms with Crippen LogP contribution in [-0.4, -0.2) is 62.3 Å². The lowest BCUT2D eigenvalue weighted by atomic mass is 10.0. The number of rotatable bonds is 13. The predicted octanol–water partition coefficient (Wildman–Crippen LogP) is 3.75. The van der Waals surface area contributed by atoms with Gasteiger partial charge in [0.15, 0.2) is 11.5 Å². The normalized spacial score (nSPS) is 11.3. The molecular formula is C29H32N2O8. The number of benzene rings is 3. The summed E-state index contributed by atoms with van der Waals surface area (Å²) in [4.78, 5) is 38.7. The van der Waals surface area contributed by atoms with Crippen molar-refractivity contribution in [3.05, 3.63) is 71.8 Å². The Hall–Kier alpha value is -4.73. The minimum Gasteiger partial charge on any atom is -0.497 e. The molecule has 0 heterocycles. The number of primary amides is 1. The van der Waals surface area contributed by atoms with Crippen LogP contribution in [0.25, 0.3) is 11.1 Å². The number of nitrogens with two attached hydrogens (primary N) is 1. The van der Waals surface area contributed by atoms with Crippen LogP contribution in [0.15, 0.2) is 60.7 Å². The van der Waals surface area contributed by atoms with Crippen molar-refractivity contribution >= 4 is 17.8 Å². The summed E-state index contributed by atoms with van der Waals surface area (Å²) in [5.74, 6) is -0.652. The maximum Gasteiger partial charge on any atom is 0.326 e. The molecule has 10 heteroatoms. The molecule has 3 aromatic carbocycles. The average molecular weight is 537 g/mol. The molecule has 0 bridgehead atoms. The molecular weight excluding hydrogens is 504 g/mol. The van der Waals surface area contributed by atoms with Crippen LogP contribution in [0, 0.1) is 0 Å². The third kappa shape index (κ3) is 6.98. The zero-order valence-electron chi connectivity index (χ0n) is 22.3. The van der Waals surface area contributed by atoms with Gasteiger partial charge < -0.3 is 34.7 Å². The highest BCUT2D eigenvalue weighted by Crippen LogP contribution is 2.38. The number of hydrogen-bond acceptors (Lipinski definition) is 7. The molecule has 1 atom stereocenters. The van der Waals surface area contributed by atoms with Gasteiger partial charge >= 0.3 is 5.97 Å². The Morgan fingerprint density at radius 3 is 1.79 bits per heavy atom. The molecule has 0 aliphatic carbocycles. The predicted molar refractivity (Wildman–Crippen MR) is 144 cm³/mol. The average Bonchev–Trinajstić information content (AvgIpc) is 2.95. The molecule has 2 amide bonds. The minimum atomic E-state index is -1.31. The van der Waals surface area contributed by atoms with Crippen LogP contribution in [0.2, 0.25) is 0 Å². The molecule has 0 radical (unpaired) electrons. The van der Waals surface area contributed by atoms with Crippen molar-refractivity contribution in [2.75, 3.05) is 28.4 Å². The van der Waals surface area contributed by atoms with Gasteiger partial charge in [-0.25, -0.2) is 4.79 Å². The fraction of sp³-hybridized carbons (Fsp3) is 0.276. The van der Waals surface area contributed by atoms with Crippen molar-refractivity contribution in [1.29, 1.82) is 0 Å². The second-order valence-corrected chi connectivity index (χ2v) is 8.63. The number of amides is 2. The second-order valence-electron chi connectivity index (χ2n) is 8.63. The molecule has 0 fully saturated rings. The molecule has 0 unspecified atom stereocenters. The monoisotopic (exact) mass is 536 g/mol. The first-order chi connectivity index (χ1) is 18.7. The van der Waals surface area contributed by atoms with Gasteiger partial charge in [-0.1, -0.05) is 24.3 Å². The van der Waals surface area contributed by atoms with E-state index in [9.17, 15) is 19.5 Å². The van der Waals surface area contributed by atoms with E-state index in [1.807, 2.05) is 24.3 Å². The van der Waals surface area contributed by atoms with Crippen molar-refractivity contribution < 1.29 is 38.4 Å². The van der Waals surface area contributed by atoms with Gasteiger partial charge in [-0.05, 0) is 59.5 Å². The van der Waals surface area contributed by atoms with Crippen LogP contribution < -0.4 is 24.7 Å². The molecule has 0 saturated carbocycles. The fourth-order valence-electron chi connectivity index (χ4n) is 4.19. The molecule has 0 aromatic heterocycles. The van der Waals surface area contributed by atoms with Crippen molar-refractivity contribution in [2.24, 2.45) is 5.73 Å². The number of hydrogen-bond donors (Lipinski definition) is 2. The third-order valence-corrected chi connectivity index (χ3v) is 6.22. The number of nitrogens with zero attached hydrogens (tertiary/aromatic N) is 1. The van der Waals surface area contributed by atoms with Gasteiger partial charge in [-0.15, -0.1) is 0 Å². The van der Waals surface area contributed by atoms with Gasteiger partial charge in [-0.3, -0.25) is 9.59 Å². The fourth-order valence-corrected chi connectivity index (χ4v) is 4.19. The molecule has 206 valence electrons. The molecule has 10 nitrogen and oxygen atoms in total. The van der Waals surface area contributed by atoms with Crippen LogP contribution in [-0.2, 0) is 16.1 Å². The molecule has 39 heavy (non-hydrogen) atoms. The van der Waals surface area contributed by atoms with Crippen molar-refractivity contribution in [1.82, 2.24) is 4.90 Å². The summed E-state index contributed by atoms with van der Waals surface area (Å²) in [6.07, 6.45) is -0.350. The molecule has 0 spiro atoms. The number of carbonyl (C=O) groups excluding carboxylic acids is 2. The third-order valence-electron chi connectivity index (χ3n) is 6.22. The Morgan fingerprint density at radius 2 is 1.36 bits per heavy atom. The molecule has 3 N–H and O–H groups in total. The van der Waals surface area contributed by atoms with Crippen LogP contribution in [0.1, 0.15) is 28.8 Å². The van der Waals surface area contributed by atoms with E-state index in [1.54, 1.807) is 43.5 Å². The largest absolute Gasteiger partial charge is 0.497 e. The number of methoxy groups -OCH3 is 4.